The Morgan fingerprint density at radius 1 is 1.37 bits per heavy atom. The fourth-order valence-electron chi connectivity index (χ4n) is 1.56. The normalized spacial score (nSPS) is 16.8. The molecule has 110 valence electrons. The summed E-state index contributed by atoms with van der Waals surface area (Å²) in [6.07, 6.45) is -3.84. The lowest BCUT2D eigenvalue weighted by atomic mass is 10.2. The second kappa shape index (κ2) is 6.09. The number of alkyl halides is 3. The summed E-state index contributed by atoms with van der Waals surface area (Å²) >= 11 is 0. The van der Waals surface area contributed by atoms with Crippen LogP contribution in [0.4, 0.5) is 18.0 Å². The van der Waals surface area contributed by atoms with Crippen LogP contribution in [0.15, 0.2) is 0 Å². The Kier molecular flexibility index (Phi) is 4.98. The van der Waals surface area contributed by atoms with Gasteiger partial charge >= 0.3 is 18.2 Å². The fraction of sp³-hybridized carbons (Fsp3) is 0.800. The molecule has 19 heavy (non-hydrogen) atoms. The van der Waals surface area contributed by atoms with E-state index in [9.17, 15) is 22.8 Å². The molecule has 0 aliphatic heterocycles. The number of aliphatic hydroxyl groups is 1. The zero-order chi connectivity index (χ0) is 14.6. The topological polar surface area (TPSA) is 89.9 Å². The number of amides is 2. The molecule has 1 saturated carbocycles. The molecule has 1 aliphatic rings. The van der Waals surface area contributed by atoms with Gasteiger partial charge in [0, 0.05) is 19.1 Å². The molecule has 0 saturated heterocycles. The van der Waals surface area contributed by atoms with Crippen LogP contribution in [0, 0.1) is 0 Å². The fourth-order valence-corrected chi connectivity index (χ4v) is 1.56. The number of hydrogen-bond donors (Lipinski definition) is 3. The van der Waals surface area contributed by atoms with Crippen molar-refractivity contribution in [1.82, 2.24) is 10.2 Å². The monoisotopic (exact) mass is 284 g/mol. The van der Waals surface area contributed by atoms with Crippen LogP contribution in [0.3, 0.4) is 0 Å². The van der Waals surface area contributed by atoms with Crippen molar-refractivity contribution in [3.8, 4) is 0 Å². The second-order valence-corrected chi connectivity index (χ2v) is 4.33. The van der Waals surface area contributed by atoms with Gasteiger partial charge in [0.15, 0.2) is 0 Å². The van der Waals surface area contributed by atoms with Crippen LogP contribution in [-0.4, -0.2) is 58.5 Å². The number of carbonyl (C=O) groups excluding carboxylic acids is 1. The van der Waals surface area contributed by atoms with Gasteiger partial charge in [-0.1, -0.05) is 0 Å². The minimum atomic E-state index is -4.53. The van der Waals surface area contributed by atoms with Gasteiger partial charge in [-0.3, -0.25) is 0 Å². The van der Waals surface area contributed by atoms with Crippen molar-refractivity contribution in [2.24, 2.45) is 0 Å². The average molecular weight is 284 g/mol. The summed E-state index contributed by atoms with van der Waals surface area (Å²) in [5.74, 6) is -1.40. The van der Waals surface area contributed by atoms with Gasteiger partial charge in [0.25, 0.3) is 0 Å². The van der Waals surface area contributed by atoms with E-state index in [1.165, 1.54) is 0 Å². The Labute approximate surface area is 107 Å². The number of carboxylic acids is 1. The Morgan fingerprint density at radius 3 is 2.32 bits per heavy atom. The Balaban J connectivity index is 2.63. The van der Waals surface area contributed by atoms with Crippen LogP contribution >= 0.6 is 0 Å². The lowest BCUT2D eigenvalue weighted by Gasteiger charge is -2.25. The van der Waals surface area contributed by atoms with Gasteiger partial charge in [0.05, 0.1) is 0 Å². The Bertz CT molecular complexity index is 344. The van der Waals surface area contributed by atoms with Crippen molar-refractivity contribution in [3.05, 3.63) is 0 Å². The summed E-state index contributed by atoms with van der Waals surface area (Å²) in [5, 5.41) is 19.4. The molecule has 0 aromatic carbocycles. The number of aliphatic hydroxyl groups excluding tert-OH is 1. The zero-order valence-electron chi connectivity index (χ0n) is 9.98. The van der Waals surface area contributed by atoms with Crippen LogP contribution < -0.4 is 5.32 Å². The number of halogens is 3. The van der Waals surface area contributed by atoms with Gasteiger partial charge < -0.3 is 20.4 Å². The number of rotatable bonds is 6. The maximum Gasteiger partial charge on any atom is 0.406 e. The summed E-state index contributed by atoms with van der Waals surface area (Å²) in [7, 11) is 0. The lowest BCUT2D eigenvalue weighted by Crippen LogP contribution is -2.51. The first-order valence-electron chi connectivity index (χ1n) is 5.72. The molecule has 0 heterocycles. The number of nitrogens with one attached hydrogen (secondary N) is 1. The van der Waals surface area contributed by atoms with Crippen LogP contribution in [0.5, 0.6) is 0 Å². The molecule has 0 bridgehead atoms. The van der Waals surface area contributed by atoms with Crippen LogP contribution in [-0.2, 0) is 4.79 Å². The molecule has 6 nitrogen and oxygen atoms in total. The third-order valence-corrected chi connectivity index (χ3v) is 2.61. The highest BCUT2D eigenvalue weighted by molar-refractivity contribution is 5.82. The van der Waals surface area contributed by atoms with Crippen molar-refractivity contribution in [2.45, 2.75) is 37.5 Å². The SMILES string of the molecule is O=C(O)C(CCO)NC(=O)N(CC(F)(F)F)C1CC1. The predicted octanol–water partition coefficient (Wildman–Crippen LogP) is 0.558. The third-order valence-electron chi connectivity index (χ3n) is 2.61. The first-order valence-corrected chi connectivity index (χ1v) is 5.72. The quantitative estimate of drug-likeness (QED) is 0.664. The Hall–Kier alpha value is -1.51. The number of carboxylic acid groups (broad SMARTS) is 1. The number of hydrogen-bond acceptors (Lipinski definition) is 3. The molecule has 2 amide bonds. The molecular formula is C10H15F3N2O4. The zero-order valence-corrected chi connectivity index (χ0v) is 9.98. The predicted molar refractivity (Wildman–Crippen MR) is 57.4 cm³/mol. The van der Waals surface area contributed by atoms with E-state index in [0.717, 1.165) is 0 Å². The van der Waals surface area contributed by atoms with Crippen LogP contribution in [0.2, 0.25) is 0 Å². The van der Waals surface area contributed by atoms with E-state index in [1.807, 2.05) is 5.32 Å². The molecule has 1 rings (SSSR count). The first kappa shape index (κ1) is 15.5. The van der Waals surface area contributed by atoms with E-state index in [1.54, 1.807) is 0 Å². The molecular weight excluding hydrogens is 269 g/mol. The molecule has 1 fully saturated rings. The van der Waals surface area contributed by atoms with E-state index in [0.29, 0.717) is 17.7 Å². The van der Waals surface area contributed by atoms with Crippen molar-refractivity contribution < 1.29 is 33.0 Å². The smallest absolute Gasteiger partial charge is 0.406 e. The van der Waals surface area contributed by atoms with E-state index in [-0.39, 0.29) is 6.42 Å². The average Bonchev–Trinajstić information content (AvgIpc) is 3.07. The van der Waals surface area contributed by atoms with Crippen molar-refractivity contribution in [1.29, 1.82) is 0 Å². The summed E-state index contributed by atoms with van der Waals surface area (Å²) in [4.78, 5) is 23.0. The van der Waals surface area contributed by atoms with Gasteiger partial charge in [-0.15, -0.1) is 0 Å². The molecule has 0 spiro atoms. The minimum Gasteiger partial charge on any atom is -0.480 e. The van der Waals surface area contributed by atoms with Crippen LogP contribution in [0.25, 0.3) is 0 Å². The largest absolute Gasteiger partial charge is 0.480 e. The molecule has 1 atom stereocenters. The summed E-state index contributed by atoms with van der Waals surface area (Å²) in [6.45, 7) is -1.89. The van der Waals surface area contributed by atoms with Gasteiger partial charge in [-0.05, 0) is 12.8 Å². The van der Waals surface area contributed by atoms with E-state index < -0.39 is 43.4 Å². The number of aliphatic carboxylic acids is 1. The van der Waals surface area contributed by atoms with E-state index in [4.69, 9.17) is 10.2 Å². The van der Waals surface area contributed by atoms with Crippen molar-refractivity contribution in [3.63, 3.8) is 0 Å². The van der Waals surface area contributed by atoms with Crippen molar-refractivity contribution in [2.75, 3.05) is 13.2 Å². The molecule has 1 unspecified atom stereocenters. The molecule has 3 N–H and O–H groups in total. The van der Waals surface area contributed by atoms with Gasteiger partial charge in [-0.2, -0.15) is 13.2 Å². The summed E-state index contributed by atoms with van der Waals surface area (Å²) < 4.78 is 37.0. The third kappa shape index (κ3) is 5.33. The maximum absolute atomic E-state index is 12.3. The number of nitrogens with zero attached hydrogens (tertiary/aromatic N) is 1. The van der Waals surface area contributed by atoms with Crippen molar-refractivity contribution >= 4 is 12.0 Å². The van der Waals surface area contributed by atoms with Gasteiger partial charge in [0.1, 0.15) is 12.6 Å². The minimum absolute atomic E-state index is 0.258. The number of carbonyl (C=O) groups is 2. The lowest BCUT2D eigenvalue weighted by molar-refractivity contribution is -0.141. The van der Waals surface area contributed by atoms with E-state index >= 15 is 0 Å². The summed E-state index contributed by atoms with van der Waals surface area (Å²) in [5.41, 5.74) is 0. The number of urea groups is 1. The van der Waals surface area contributed by atoms with Gasteiger partial charge in [0.2, 0.25) is 0 Å². The Morgan fingerprint density at radius 2 is 1.95 bits per heavy atom. The molecule has 0 aromatic rings. The molecule has 9 heteroatoms. The molecule has 1 aliphatic carbocycles. The standard InChI is InChI=1S/C10H15F3N2O4/c11-10(12,13)5-15(6-1-2-6)9(19)14-7(3-4-16)8(17)18/h6-7,16H,1-5H2,(H,14,19)(H,17,18). The second-order valence-electron chi connectivity index (χ2n) is 4.33. The molecule has 0 aromatic heterocycles. The summed E-state index contributed by atoms with van der Waals surface area (Å²) in [6, 6.07) is -2.96. The highest BCUT2D eigenvalue weighted by Gasteiger charge is 2.41. The van der Waals surface area contributed by atoms with Crippen LogP contribution in [0.1, 0.15) is 19.3 Å². The maximum atomic E-state index is 12.3. The van der Waals surface area contributed by atoms with Gasteiger partial charge in [-0.25, -0.2) is 9.59 Å². The highest BCUT2D eigenvalue weighted by atomic mass is 19.4. The highest BCUT2D eigenvalue weighted by Crippen LogP contribution is 2.30. The molecule has 0 radical (unpaired) electrons. The van der Waals surface area contributed by atoms with E-state index in [2.05, 4.69) is 0 Å². The first-order chi connectivity index (χ1) is 8.74.